The minimum absolute atomic E-state index is 0.283. The van der Waals surface area contributed by atoms with Gasteiger partial charge < -0.3 is 10.5 Å². The van der Waals surface area contributed by atoms with E-state index in [1.807, 2.05) is 18.2 Å². The van der Waals surface area contributed by atoms with E-state index in [2.05, 4.69) is 19.1 Å². The molecule has 2 aromatic rings. The Morgan fingerprint density at radius 1 is 1.00 bits per heavy atom. The van der Waals surface area contributed by atoms with Crippen molar-refractivity contribution < 1.29 is 9.13 Å². The first-order chi connectivity index (χ1) is 9.72. The van der Waals surface area contributed by atoms with Crippen LogP contribution in [0.1, 0.15) is 23.6 Å². The second kappa shape index (κ2) is 7.06. The van der Waals surface area contributed by atoms with E-state index >= 15 is 0 Å². The van der Waals surface area contributed by atoms with Crippen molar-refractivity contribution in [2.24, 2.45) is 5.73 Å². The maximum Gasteiger partial charge on any atom is 0.165 e. The molecular weight excluding hydrogens is 253 g/mol. The van der Waals surface area contributed by atoms with Crippen molar-refractivity contribution in [3.05, 3.63) is 65.0 Å². The van der Waals surface area contributed by atoms with Gasteiger partial charge in [0, 0.05) is 0 Å². The molecule has 0 heterocycles. The average molecular weight is 273 g/mol. The Kier molecular flexibility index (Phi) is 5.13. The van der Waals surface area contributed by atoms with E-state index in [1.54, 1.807) is 6.07 Å². The summed E-state index contributed by atoms with van der Waals surface area (Å²) in [5.74, 6) is -0.0496. The minimum Gasteiger partial charge on any atom is -0.486 e. The fourth-order valence-corrected chi connectivity index (χ4v) is 2.02. The van der Waals surface area contributed by atoms with E-state index < -0.39 is 0 Å². The lowest BCUT2D eigenvalue weighted by Gasteiger charge is -2.09. The monoisotopic (exact) mass is 273 g/mol. The number of aryl methyl sites for hydroxylation is 1. The first-order valence-electron chi connectivity index (χ1n) is 6.92. The molecule has 20 heavy (non-hydrogen) atoms. The smallest absolute Gasteiger partial charge is 0.165 e. The van der Waals surface area contributed by atoms with Gasteiger partial charge in [0.1, 0.15) is 6.61 Å². The Hall–Kier alpha value is -1.87. The van der Waals surface area contributed by atoms with Crippen LogP contribution in [-0.2, 0) is 19.4 Å². The van der Waals surface area contributed by atoms with E-state index in [0.29, 0.717) is 19.6 Å². The first kappa shape index (κ1) is 14.5. The molecule has 2 rings (SSSR count). The minimum atomic E-state index is -0.332. The highest BCUT2D eigenvalue weighted by atomic mass is 19.1. The maximum absolute atomic E-state index is 13.8. The average Bonchev–Trinajstić information content (AvgIpc) is 2.47. The Morgan fingerprint density at radius 3 is 2.25 bits per heavy atom. The summed E-state index contributed by atoms with van der Waals surface area (Å²) in [6, 6.07) is 13.2. The van der Waals surface area contributed by atoms with Crippen LogP contribution in [0.2, 0.25) is 0 Å². The molecule has 2 nitrogen and oxygen atoms in total. The molecule has 0 spiro atoms. The van der Waals surface area contributed by atoms with E-state index in [9.17, 15) is 4.39 Å². The van der Waals surface area contributed by atoms with Crippen molar-refractivity contribution >= 4 is 0 Å². The fourth-order valence-electron chi connectivity index (χ4n) is 2.02. The SMILES string of the molecule is CCc1ccc(COc2ccc(CCN)cc2F)cc1. The molecule has 0 aliphatic carbocycles. The highest BCUT2D eigenvalue weighted by Crippen LogP contribution is 2.20. The molecule has 0 radical (unpaired) electrons. The lowest BCUT2D eigenvalue weighted by atomic mass is 10.1. The van der Waals surface area contributed by atoms with Crippen molar-refractivity contribution in [1.29, 1.82) is 0 Å². The Bertz CT molecular complexity index is 551. The molecule has 106 valence electrons. The van der Waals surface area contributed by atoms with Crippen LogP contribution in [-0.4, -0.2) is 6.54 Å². The van der Waals surface area contributed by atoms with Crippen molar-refractivity contribution in [3.63, 3.8) is 0 Å². The van der Waals surface area contributed by atoms with Crippen LogP contribution in [0.5, 0.6) is 5.75 Å². The summed E-state index contributed by atoms with van der Waals surface area (Å²) in [6.45, 7) is 3.00. The van der Waals surface area contributed by atoms with E-state index in [-0.39, 0.29) is 11.6 Å². The van der Waals surface area contributed by atoms with Gasteiger partial charge in [0.2, 0.25) is 0 Å². The van der Waals surface area contributed by atoms with Crippen LogP contribution in [0.25, 0.3) is 0 Å². The summed E-state index contributed by atoms with van der Waals surface area (Å²) in [4.78, 5) is 0. The Morgan fingerprint density at radius 2 is 1.65 bits per heavy atom. The van der Waals surface area contributed by atoms with E-state index in [4.69, 9.17) is 10.5 Å². The van der Waals surface area contributed by atoms with Gasteiger partial charge in [-0.3, -0.25) is 0 Å². The molecule has 0 bridgehead atoms. The molecular formula is C17H20FNO. The molecule has 0 aromatic heterocycles. The molecule has 0 aliphatic heterocycles. The molecule has 2 aromatic carbocycles. The van der Waals surface area contributed by atoms with Gasteiger partial charge >= 0.3 is 0 Å². The number of ether oxygens (including phenoxy) is 1. The van der Waals surface area contributed by atoms with Crippen LogP contribution >= 0.6 is 0 Å². The summed E-state index contributed by atoms with van der Waals surface area (Å²) < 4.78 is 19.4. The zero-order valence-electron chi connectivity index (χ0n) is 11.7. The van der Waals surface area contributed by atoms with Crippen LogP contribution in [0, 0.1) is 5.82 Å². The molecule has 3 heteroatoms. The van der Waals surface area contributed by atoms with E-state index in [1.165, 1.54) is 11.6 Å². The van der Waals surface area contributed by atoms with Gasteiger partial charge in [0.05, 0.1) is 0 Å². The quantitative estimate of drug-likeness (QED) is 0.874. The predicted octanol–water partition coefficient (Wildman–Crippen LogP) is 3.47. The predicted molar refractivity (Wildman–Crippen MR) is 79.3 cm³/mol. The Labute approximate surface area is 119 Å². The molecule has 0 fully saturated rings. The van der Waals surface area contributed by atoms with Gasteiger partial charge in [-0.2, -0.15) is 0 Å². The number of rotatable bonds is 6. The number of nitrogens with two attached hydrogens (primary N) is 1. The van der Waals surface area contributed by atoms with Gasteiger partial charge in [0.25, 0.3) is 0 Å². The first-order valence-corrected chi connectivity index (χ1v) is 6.92. The van der Waals surface area contributed by atoms with Crippen molar-refractivity contribution in [3.8, 4) is 5.75 Å². The van der Waals surface area contributed by atoms with Gasteiger partial charge in [-0.25, -0.2) is 4.39 Å². The number of halogens is 1. The summed E-state index contributed by atoms with van der Waals surface area (Å²) in [5.41, 5.74) is 8.66. The van der Waals surface area contributed by atoms with Crippen molar-refractivity contribution in [2.75, 3.05) is 6.54 Å². The molecule has 2 N–H and O–H groups in total. The largest absolute Gasteiger partial charge is 0.486 e. The summed E-state index contributed by atoms with van der Waals surface area (Å²) in [6.07, 6.45) is 1.69. The highest BCUT2D eigenvalue weighted by molar-refractivity contribution is 5.30. The van der Waals surface area contributed by atoms with Crippen LogP contribution in [0.3, 0.4) is 0 Å². The second-order valence-corrected chi connectivity index (χ2v) is 4.76. The zero-order chi connectivity index (χ0) is 14.4. The second-order valence-electron chi connectivity index (χ2n) is 4.76. The lowest BCUT2D eigenvalue weighted by molar-refractivity contribution is 0.290. The fraction of sp³-hybridized carbons (Fsp3) is 0.294. The Balaban J connectivity index is 1.99. The summed E-state index contributed by atoms with van der Waals surface area (Å²) in [5, 5.41) is 0. The van der Waals surface area contributed by atoms with Gasteiger partial charge in [-0.1, -0.05) is 37.3 Å². The van der Waals surface area contributed by atoms with Gasteiger partial charge in [-0.15, -0.1) is 0 Å². The molecule has 0 unspecified atom stereocenters. The zero-order valence-corrected chi connectivity index (χ0v) is 11.7. The van der Waals surface area contributed by atoms with Crippen LogP contribution in [0.15, 0.2) is 42.5 Å². The third-order valence-corrected chi connectivity index (χ3v) is 3.25. The molecule has 0 amide bonds. The van der Waals surface area contributed by atoms with Crippen LogP contribution in [0.4, 0.5) is 4.39 Å². The summed E-state index contributed by atoms with van der Waals surface area (Å²) >= 11 is 0. The standard InChI is InChI=1S/C17H20FNO/c1-2-13-3-5-15(6-4-13)12-20-17-8-7-14(9-10-19)11-16(17)18/h3-8,11H,2,9-10,12,19H2,1H3. The molecule has 0 saturated carbocycles. The van der Waals surface area contributed by atoms with E-state index in [0.717, 1.165) is 17.5 Å². The highest BCUT2D eigenvalue weighted by Gasteiger charge is 2.05. The normalized spacial score (nSPS) is 10.6. The van der Waals surface area contributed by atoms with Gasteiger partial charge in [0.15, 0.2) is 11.6 Å². The van der Waals surface area contributed by atoms with Crippen molar-refractivity contribution in [1.82, 2.24) is 0 Å². The van der Waals surface area contributed by atoms with Crippen LogP contribution < -0.4 is 10.5 Å². The number of hydrogen-bond acceptors (Lipinski definition) is 2. The third-order valence-electron chi connectivity index (χ3n) is 3.25. The maximum atomic E-state index is 13.8. The molecule has 0 atom stereocenters. The third kappa shape index (κ3) is 3.81. The molecule has 0 aliphatic rings. The topological polar surface area (TPSA) is 35.2 Å². The van der Waals surface area contributed by atoms with Gasteiger partial charge in [-0.05, 0) is 48.2 Å². The summed E-state index contributed by atoms with van der Waals surface area (Å²) in [7, 11) is 0. The number of benzene rings is 2. The number of hydrogen-bond donors (Lipinski definition) is 1. The molecule has 0 saturated heterocycles. The van der Waals surface area contributed by atoms with Crippen molar-refractivity contribution in [2.45, 2.75) is 26.4 Å². The lowest BCUT2D eigenvalue weighted by Crippen LogP contribution is -2.03.